The van der Waals surface area contributed by atoms with E-state index >= 15 is 0 Å². The Hall–Kier alpha value is -2.95. The number of ketones is 1. The maximum absolute atomic E-state index is 12.4. The maximum Gasteiger partial charge on any atom is 0.337 e. The molecule has 104 valence electrons. The molecule has 3 rings (SSSR count). The zero-order valence-electron chi connectivity index (χ0n) is 11.0. The average molecular weight is 282 g/mol. The molecule has 21 heavy (non-hydrogen) atoms. The Morgan fingerprint density at radius 1 is 1.05 bits per heavy atom. The largest absolute Gasteiger partial charge is 0.478 e. The molecule has 1 aliphatic carbocycles. The minimum Gasteiger partial charge on any atom is -0.478 e. The lowest BCUT2D eigenvalue weighted by molar-refractivity contribution is 0.0600. The van der Waals surface area contributed by atoms with Crippen molar-refractivity contribution < 1.29 is 24.2 Å². The summed E-state index contributed by atoms with van der Waals surface area (Å²) in [4.78, 5) is 35.5. The molecule has 0 heterocycles. The van der Waals surface area contributed by atoms with Gasteiger partial charge in [-0.1, -0.05) is 24.3 Å². The lowest BCUT2D eigenvalue weighted by atomic mass is 9.97. The molecule has 0 bridgehead atoms. The Kier molecular flexibility index (Phi) is 2.83. The molecule has 0 atom stereocenters. The molecular formula is C16H10O5. The Labute approximate surface area is 119 Å². The molecule has 0 unspecified atom stereocenters. The molecule has 0 spiro atoms. The van der Waals surface area contributed by atoms with Crippen LogP contribution in [0.2, 0.25) is 0 Å². The lowest BCUT2D eigenvalue weighted by Gasteiger charge is -2.07. The number of methoxy groups -OCH3 is 1. The highest BCUT2D eigenvalue weighted by Crippen LogP contribution is 2.39. The van der Waals surface area contributed by atoms with E-state index in [0.717, 1.165) is 0 Å². The van der Waals surface area contributed by atoms with Gasteiger partial charge in [-0.2, -0.15) is 0 Å². The van der Waals surface area contributed by atoms with E-state index in [4.69, 9.17) is 0 Å². The van der Waals surface area contributed by atoms with Crippen LogP contribution in [0.1, 0.15) is 36.6 Å². The summed E-state index contributed by atoms with van der Waals surface area (Å²) in [5.74, 6) is -2.23. The summed E-state index contributed by atoms with van der Waals surface area (Å²) < 4.78 is 4.63. The molecule has 1 aliphatic rings. The van der Waals surface area contributed by atoms with Gasteiger partial charge in [0.1, 0.15) is 0 Å². The Morgan fingerprint density at radius 3 is 2.33 bits per heavy atom. The number of rotatable bonds is 2. The van der Waals surface area contributed by atoms with Gasteiger partial charge >= 0.3 is 11.9 Å². The Morgan fingerprint density at radius 2 is 1.71 bits per heavy atom. The van der Waals surface area contributed by atoms with Gasteiger partial charge in [-0.25, -0.2) is 9.59 Å². The Bertz CT molecular complexity index is 804. The van der Waals surface area contributed by atoms with Gasteiger partial charge in [-0.3, -0.25) is 4.79 Å². The molecule has 0 saturated carbocycles. The SMILES string of the molecule is COC(=O)c1cc(C(=O)O)c2c(c1)-c1ccccc1C2=O. The molecule has 0 amide bonds. The fourth-order valence-corrected chi connectivity index (χ4v) is 2.55. The molecule has 5 heteroatoms. The van der Waals surface area contributed by atoms with Crippen molar-refractivity contribution in [2.24, 2.45) is 0 Å². The van der Waals surface area contributed by atoms with Gasteiger partial charge in [0.05, 0.1) is 18.2 Å². The van der Waals surface area contributed by atoms with Crippen LogP contribution in [0.3, 0.4) is 0 Å². The van der Waals surface area contributed by atoms with Crippen LogP contribution in [0.4, 0.5) is 0 Å². The van der Waals surface area contributed by atoms with Crippen molar-refractivity contribution in [2.75, 3.05) is 7.11 Å². The van der Waals surface area contributed by atoms with Crippen molar-refractivity contribution in [2.45, 2.75) is 0 Å². The van der Waals surface area contributed by atoms with Crippen molar-refractivity contribution in [1.29, 1.82) is 0 Å². The summed E-state index contributed by atoms with van der Waals surface area (Å²) in [5.41, 5.74) is 1.57. The molecular weight excluding hydrogens is 272 g/mol. The molecule has 0 saturated heterocycles. The second-order valence-corrected chi connectivity index (χ2v) is 4.62. The number of fused-ring (bicyclic) bond motifs is 3. The highest BCUT2D eigenvalue weighted by atomic mass is 16.5. The average Bonchev–Trinajstić information content (AvgIpc) is 2.79. The monoisotopic (exact) mass is 282 g/mol. The summed E-state index contributed by atoms with van der Waals surface area (Å²) in [7, 11) is 1.22. The molecule has 0 aromatic heterocycles. The third-order valence-corrected chi connectivity index (χ3v) is 3.48. The summed E-state index contributed by atoms with van der Waals surface area (Å²) in [6.45, 7) is 0. The molecule has 2 aromatic carbocycles. The van der Waals surface area contributed by atoms with Crippen LogP contribution < -0.4 is 0 Å². The third-order valence-electron chi connectivity index (χ3n) is 3.48. The first-order valence-corrected chi connectivity index (χ1v) is 6.18. The molecule has 2 aromatic rings. The van der Waals surface area contributed by atoms with Crippen LogP contribution in [0, 0.1) is 0 Å². The van der Waals surface area contributed by atoms with E-state index in [0.29, 0.717) is 16.7 Å². The zero-order valence-corrected chi connectivity index (χ0v) is 11.0. The summed E-state index contributed by atoms with van der Waals surface area (Å²) in [5, 5.41) is 9.32. The first-order valence-electron chi connectivity index (χ1n) is 6.18. The quantitative estimate of drug-likeness (QED) is 0.730. The standard InChI is InChI=1S/C16H10O5/c1-21-16(20)8-6-11-9-4-2-3-5-10(9)14(17)13(11)12(7-8)15(18)19/h2-7H,1H3,(H,18,19). The minimum atomic E-state index is -1.25. The van der Waals surface area contributed by atoms with Gasteiger partial charge < -0.3 is 9.84 Å². The summed E-state index contributed by atoms with van der Waals surface area (Å²) >= 11 is 0. The normalized spacial score (nSPS) is 11.8. The van der Waals surface area contributed by atoms with Crippen LogP contribution in [-0.2, 0) is 4.74 Å². The predicted octanol–water partition coefficient (Wildman–Crippen LogP) is 2.38. The van der Waals surface area contributed by atoms with Crippen molar-refractivity contribution in [1.82, 2.24) is 0 Å². The number of carboxylic acids is 1. The molecule has 0 fully saturated rings. The number of carbonyl (C=O) groups excluding carboxylic acids is 2. The number of carboxylic acid groups (broad SMARTS) is 1. The second kappa shape index (κ2) is 4.56. The zero-order chi connectivity index (χ0) is 15.1. The van der Waals surface area contributed by atoms with Gasteiger partial charge in [0.25, 0.3) is 0 Å². The summed E-state index contributed by atoms with van der Waals surface area (Å²) in [6, 6.07) is 9.51. The van der Waals surface area contributed by atoms with E-state index in [9.17, 15) is 19.5 Å². The van der Waals surface area contributed by atoms with Gasteiger partial charge in [-0.15, -0.1) is 0 Å². The summed E-state index contributed by atoms with van der Waals surface area (Å²) in [6.07, 6.45) is 0. The molecule has 1 N–H and O–H groups in total. The van der Waals surface area contributed by atoms with E-state index in [1.807, 2.05) is 0 Å². The highest BCUT2D eigenvalue weighted by molar-refractivity contribution is 6.25. The van der Waals surface area contributed by atoms with E-state index in [1.165, 1.54) is 19.2 Å². The van der Waals surface area contributed by atoms with Gasteiger partial charge in [0, 0.05) is 11.1 Å². The minimum absolute atomic E-state index is 0.109. The van der Waals surface area contributed by atoms with Gasteiger partial charge in [-0.05, 0) is 23.3 Å². The molecule has 0 aliphatic heterocycles. The molecule has 5 nitrogen and oxygen atoms in total. The third kappa shape index (κ3) is 1.82. The van der Waals surface area contributed by atoms with Crippen LogP contribution in [0.15, 0.2) is 36.4 Å². The Balaban J connectivity index is 2.36. The van der Waals surface area contributed by atoms with E-state index in [2.05, 4.69) is 4.74 Å². The smallest absolute Gasteiger partial charge is 0.337 e. The fourth-order valence-electron chi connectivity index (χ4n) is 2.55. The van der Waals surface area contributed by atoms with Crippen LogP contribution in [0.25, 0.3) is 11.1 Å². The predicted molar refractivity (Wildman–Crippen MR) is 73.6 cm³/mol. The number of aromatic carboxylic acids is 1. The van der Waals surface area contributed by atoms with E-state index < -0.39 is 11.9 Å². The number of esters is 1. The topological polar surface area (TPSA) is 80.7 Å². The van der Waals surface area contributed by atoms with Crippen molar-refractivity contribution in [3.8, 4) is 11.1 Å². The number of benzene rings is 2. The van der Waals surface area contributed by atoms with Crippen LogP contribution in [-0.4, -0.2) is 29.9 Å². The van der Waals surface area contributed by atoms with Crippen molar-refractivity contribution in [3.63, 3.8) is 0 Å². The van der Waals surface area contributed by atoms with E-state index in [-0.39, 0.29) is 22.5 Å². The van der Waals surface area contributed by atoms with Gasteiger partial charge in [0.2, 0.25) is 0 Å². The lowest BCUT2D eigenvalue weighted by Crippen LogP contribution is -2.10. The first kappa shape index (κ1) is 13.1. The van der Waals surface area contributed by atoms with Crippen molar-refractivity contribution in [3.05, 3.63) is 58.7 Å². The fraction of sp³-hybridized carbons (Fsp3) is 0.0625. The van der Waals surface area contributed by atoms with E-state index in [1.54, 1.807) is 24.3 Å². The number of ether oxygens (including phenoxy) is 1. The number of hydrogen-bond donors (Lipinski definition) is 1. The second-order valence-electron chi connectivity index (χ2n) is 4.62. The van der Waals surface area contributed by atoms with Crippen LogP contribution >= 0.6 is 0 Å². The number of hydrogen-bond acceptors (Lipinski definition) is 4. The van der Waals surface area contributed by atoms with Crippen molar-refractivity contribution >= 4 is 17.7 Å². The highest BCUT2D eigenvalue weighted by Gasteiger charge is 2.32. The van der Waals surface area contributed by atoms with Gasteiger partial charge in [0.15, 0.2) is 5.78 Å². The first-order chi connectivity index (χ1) is 10.0. The maximum atomic E-state index is 12.4. The molecule has 0 radical (unpaired) electrons. The number of carbonyl (C=O) groups is 3. The van der Waals surface area contributed by atoms with Crippen LogP contribution in [0.5, 0.6) is 0 Å².